The molecule has 168 valence electrons. The van der Waals surface area contributed by atoms with Gasteiger partial charge in [-0.3, -0.25) is 4.79 Å². The van der Waals surface area contributed by atoms with Crippen LogP contribution in [-0.2, 0) is 14.3 Å². The van der Waals surface area contributed by atoms with Gasteiger partial charge in [0, 0.05) is 17.3 Å². The van der Waals surface area contributed by atoms with Crippen molar-refractivity contribution in [2.45, 2.75) is 96.6 Å². The van der Waals surface area contributed by atoms with Crippen LogP contribution in [0.4, 0.5) is 0 Å². The highest BCUT2D eigenvalue weighted by Crippen LogP contribution is 2.76. The standard InChI is InChI=1S/C25H38O4S/c1-14-10-18-17-12-20-25(30-7,29-21(2,3)28-20)23(17,5)13-19(27)24(18,6)22(4)9-8-15(26)11-16(14)22/h11,14,17-20,27H,8-10,12-13H2,1-7H3/t14?,17?,18?,19-,20?,22-,23-,24?,25-/m0/s1. The second kappa shape index (κ2) is 6.15. The summed E-state index contributed by atoms with van der Waals surface area (Å²) in [7, 11) is 0. The van der Waals surface area contributed by atoms with Crippen molar-refractivity contribution in [2.24, 2.45) is 34.0 Å². The third-order valence-corrected chi connectivity index (χ3v) is 11.8. The van der Waals surface area contributed by atoms with Crippen LogP contribution in [0.2, 0.25) is 0 Å². The zero-order valence-corrected chi connectivity index (χ0v) is 20.4. The SMILES string of the molecule is CS[C@@]12OC(C)(C)OC1CC1C3CC(C)C4=CC(=O)CC[C@]4(C)C3(C)[C@@H](O)C[C@@]12C. The van der Waals surface area contributed by atoms with Crippen molar-refractivity contribution < 1.29 is 19.4 Å². The van der Waals surface area contributed by atoms with Gasteiger partial charge in [0.2, 0.25) is 0 Å². The summed E-state index contributed by atoms with van der Waals surface area (Å²) >= 11 is 1.79. The number of thioether (sulfide) groups is 1. The highest BCUT2D eigenvalue weighted by atomic mass is 32.2. The summed E-state index contributed by atoms with van der Waals surface area (Å²) in [5.41, 5.74) is 0.779. The van der Waals surface area contributed by atoms with Gasteiger partial charge < -0.3 is 14.6 Å². The Bertz CT molecular complexity index is 822. The summed E-state index contributed by atoms with van der Waals surface area (Å²) in [6.07, 6.45) is 7.91. The first-order chi connectivity index (χ1) is 13.8. The summed E-state index contributed by atoms with van der Waals surface area (Å²) < 4.78 is 13.2. The van der Waals surface area contributed by atoms with Gasteiger partial charge in [-0.1, -0.05) is 33.3 Å². The number of aliphatic hydroxyl groups is 1. The van der Waals surface area contributed by atoms with Gasteiger partial charge in [0.25, 0.3) is 0 Å². The number of carbonyl (C=O) groups is 1. The van der Waals surface area contributed by atoms with E-state index in [0.717, 1.165) is 25.7 Å². The maximum absolute atomic E-state index is 12.3. The quantitative estimate of drug-likeness (QED) is 0.633. The topological polar surface area (TPSA) is 55.8 Å². The maximum atomic E-state index is 12.3. The summed E-state index contributed by atoms with van der Waals surface area (Å²) in [4.78, 5) is 11.9. The minimum atomic E-state index is -0.584. The van der Waals surface area contributed by atoms with Crippen LogP contribution >= 0.6 is 11.8 Å². The Morgan fingerprint density at radius 3 is 2.50 bits per heavy atom. The van der Waals surface area contributed by atoms with Crippen molar-refractivity contribution >= 4 is 17.5 Å². The number of allylic oxidation sites excluding steroid dienone is 1. The van der Waals surface area contributed by atoms with Crippen LogP contribution in [0.5, 0.6) is 0 Å². The Hall–Kier alpha value is -0.360. The lowest BCUT2D eigenvalue weighted by Gasteiger charge is -2.67. The lowest BCUT2D eigenvalue weighted by Crippen LogP contribution is -2.66. The minimum absolute atomic E-state index is 0.0556. The number of aliphatic hydroxyl groups excluding tert-OH is 1. The molecule has 0 bridgehead atoms. The van der Waals surface area contributed by atoms with Crippen LogP contribution in [0, 0.1) is 34.0 Å². The fraction of sp³-hybridized carbons (Fsp3) is 0.880. The number of ketones is 1. The van der Waals surface area contributed by atoms with Crippen molar-refractivity contribution in [3.8, 4) is 0 Å². The van der Waals surface area contributed by atoms with Crippen molar-refractivity contribution in [1.82, 2.24) is 0 Å². The van der Waals surface area contributed by atoms with E-state index in [9.17, 15) is 9.90 Å². The molecule has 0 aromatic carbocycles. The first kappa shape index (κ1) is 21.5. The zero-order chi connectivity index (χ0) is 21.9. The van der Waals surface area contributed by atoms with Crippen molar-refractivity contribution in [3.05, 3.63) is 11.6 Å². The molecule has 9 atom stereocenters. The number of hydrogen-bond donors (Lipinski definition) is 1. The van der Waals surface area contributed by atoms with Crippen molar-refractivity contribution in [3.63, 3.8) is 0 Å². The van der Waals surface area contributed by atoms with E-state index in [4.69, 9.17) is 9.47 Å². The molecule has 4 fully saturated rings. The molecular weight excluding hydrogens is 396 g/mol. The van der Waals surface area contributed by atoms with Crippen LogP contribution < -0.4 is 0 Å². The van der Waals surface area contributed by atoms with Gasteiger partial charge in [0.15, 0.2) is 11.6 Å². The molecule has 0 aromatic rings. The third-order valence-electron chi connectivity index (χ3n) is 10.4. The predicted octanol–water partition coefficient (Wildman–Crippen LogP) is 4.95. The molecule has 5 rings (SSSR count). The van der Waals surface area contributed by atoms with Crippen LogP contribution in [0.3, 0.4) is 0 Å². The average Bonchev–Trinajstić information content (AvgIpc) is 3.05. The van der Waals surface area contributed by atoms with E-state index in [1.54, 1.807) is 11.8 Å². The van der Waals surface area contributed by atoms with E-state index < -0.39 is 16.8 Å². The lowest BCUT2D eigenvalue weighted by molar-refractivity contribution is -0.233. The second-order valence-corrected chi connectivity index (χ2v) is 12.9. The summed E-state index contributed by atoms with van der Waals surface area (Å²) in [5.74, 6) is 0.876. The third kappa shape index (κ3) is 2.29. The Morgan fingerprint density at radius 1 is 1.13 bits per heavy atom. The number of fused-ring (bicyclic) bond motifs is 7. The largest absolute Gasteiger partial charge is 0.392 e. The highest BCUT2D eigenvalue weighted by molar-refractivity contribution is 7.99. The Labute approximate surface area is 185 Å². The second-order valence-electron chi connectivity index (χ2n) is 11.9. The molecule has 1 heterocycles. The number of ether oxygens (including phenoxy) is 2. The molecule has 0 amide bonds. The Morgan fingerprint density at radius 2 is 1.83 bits per heavy atom. The van der Waals surface area contributed by atoms with Crippen molar-refractivity contribution in [1.29, 1.82) is 0 Å². The molecule has 1 saturated heterocycles. The molecule has 5 unspecified atom stereocenters. The minimum Gasteiger partial charge on any atom is -0.392 e. The Kier molecular flexibility index (Phi) is 4.41. The van der Waals surface area contributed by atoms with E-state index in [1.165, 1.54) is 5.57 Å². The lowest BCUT2D eigenvalue weighted by atomic mass is 9.38. The first-order valence-corrected chi connectivity index (χ1v) is 12.9. The summed E-state index contributed by atoms with van der Waals surface area (Å²) in [5, 5.41) is 11.9. The number of hydrogen-bond acceptors (Lipinski definition) is 5. The monoisotopic (exact) mass is 434 g/mol. The highest BCUT2D eigenvalue weighted by Gasteiger charge is 2.77. The van der Waals surface area contributed by atoms with Crippen molar-refractivity contribution in [2.75, 3.05) is 6.26 Å². The fourth-order valence-corrected chi connectivity index (χ4v) is 10.2. The maximum Gasteiger partial charge on any atom is 0.165 e. The number of carbonyl (C=O) groups excluding carboxylic acids is 1. The van der Waals surface area contributed by atoms with E-state index >= 15 is 0 Å². The average molecular weight is 435 g/mol. The molecule has 1 N–H and O–H groups in total. The predicted molar refractivity (Wildman–Crippen MR) is 119 cm³/mol. The van der Waals surface area contributed by atoms with Gasteiger partial charge in [-0.05, 0) is 75.0 Å². The molecule has 4 aliphatic carbocycles. The molecule has 30 heavy (non-hydrogen) atoms. The molecular formula is C25H38O4S. The van der Waals surface area contributed by atoms with Gasteiger partial charge in [0.05, 0.1) is 6.10 Å². The Balaban J connectivity index is 1.63. The molecule has 0 radical (unpaired) electrons. The smallest absolute Gasteiger partial charge is 0.165 e. The first-order valence-electron chi connectivity index (χ1n) is 11.7. The van der Waals surface area contributed by atoms with Crippen LogP contribution in [0.25, 0.3) is 0 Å². The van der Waals surface area contributed by atoms with E-state index in [-0.39, 0.29) is 28.1 Å². The van der Waals surface area contributed by atoms with Crippen LogP contribution in [-0.4, -0.2) is 40.1 Å². The van der Waals surface area contributed by atoms with Gasteiger partial charge in [-0.2, -0.15) is 0 Å². The fourth-order valence-electron chi connectivity index (χ4n) is 8.78. The van der Waals surface area contributed by atoms with Gasteiger partial charge >= 0.3 is 0 Å². The molecule has 3 saturated carbocycles. The normalized spacial score (nSPS) is 56.6. The molecule has 0 spiro atoms. The van der Waals surface area contributed by atoms with Gasteiger partial charge in [-0.25, -0.2) is 0 Å². The molecule has 0 aromatic heterocycles. The molecule has 5 aliphatic rings. The van der Waals surface area contributed by atoms with Gasteiger partial charge in [-0.15, -0.1) is 11.8 Å². The van der Waals surface area contributed by atoms with E-state index in [2.05, 4.69) is 34.0 Å². The summed E-state index contributed by atoms with van der Waals surface area (Å²) in [6, 6.07) is 0. The van der Waals surface area contributed by atoms with E-state index in [1.807, 2.05) is 19.9 Å². The number of rotatable bonds is 1. The van der Waals surface area contributed by atoms with Crippen LogP contribution in [0.1, 0.15) is 73.6 Å². The molecule has 4 nitrogen and oxygen atoms in total. The van der Waals surface area contributed by atoms with Crippen LogP contribution in [0.15, 0.2) is 11.6 Å². The van der Waals surface area contributed by atoms with Gasteiger partial charge in [0.1, 0.15) is 11.0 Å². The molecule has 5 heteroatoms. The molecule has 1 aliphatic heterocycles. The summed E-state index contributed by atoms with van der Waals surface area (Å²) in [6.45, 7) is 13.3. The van der Waals surface area contributed by atoms with E-state index in [0.29, 0.717) is 24.2 Å². The zero-order valence-electron chi connectivity index (χ0n) is 19.6.